The summed E-state index contributed by atoms with van der Waals surface area (Å²) >= 11 is 0. The molecule has 0 radical (unpaired) electrons. The van der Waals surface area contributed by atoms with Gasteiger partial charge in [0.25, 0.3) is 0 Å². The van der Waals surface area contributed by atoms with Crippen molar-refractivity contribution < 1.29 is 13.3 Å². The van der Waals surface area contributed by atoms with Gasteiger partial charge in [0, 0.05) is 26.9 Å². The van der Waals surface area contributed by atoms with Crippen LogP contribution in [0.2, 0.25) is 5.54 Å². The summed E-state index contributed by atoms with van der Waals surface area (Å²) in [6.07, 6.45) is 12.2. The maximum atomic E-state index is 5.75. The monoisotopic (exact) mass is 334 g/mol. The van der Waals surface area contributed by atoms with Crippen molar-refractivity contribution >= 4 is 8.80 Å². The lowest BCUT2D eigenvalue weighted by Crippen LogP contribution is -2.48. The zero-order chi connectivity index (χ0) is 16.7. The molecule has 0 aromatic carbocycles. The fourth-order valence-corrected chi connectivity index (χ4v) is 5.62. The highest BCUT2D eigenvalue weighted by atomic mass is 28.4. The van der Waals surface area contributed by atoms with Gasteiger partial charge in [0.2, 0.25) is 0 Å². The topological polar surface area (TPSA) is 79.7 Å². The Balaban J connectivity index is 3.91. The Morgan fingerprint density at radius 3 is 1.50 bits per heavy atom. The van der Waals surface area contributed by atoms with Crippen LogP contribution >= 0.6 is 0 Å². The number of rotatable bonds is 16. The molecular formula is C16H38N2O3Si. The molecule has 4 N–H and O–H groups in total. The van der Waals surface area contributed by atoms with Crippen molar-refractivity contribution in [1.29, 1.82) is 0 Å². The van der Waals surface area contributed by atoms with Gasteiger partial charge in [-0.15, -0.1) is 0 Å². The molecule has 6 heteroatoms. The van der Waals surface area contributed by atoms with E-state index >= 15 is 0 Å². The summed E-state index contributed by atoms with van der Waals surface area (Å²) in [5.74, 6) is 0. The van der Waals surface area contributed by atoms with Crippen LogP contribution in [0.1, 0.15) is 64.2 Å². The molecule has 5 nitrogen and oxygen atoms in total. The summed E-state index contributed by atoms with van der Waals surface area (Å²) in [7, 11) is 2.50. The maximum Gasteiger partial charge on any atom is 0.503 e. The third kappa shape index (κ3) is 8.60. The van der Waals surface area contributed by atoms with E-state index in [0.717, 1.165) is 19.4 Å². The third-order valence-electron chi connectivity index (χ3n) is 4.38. The van der Waals surface area contributed by atoms with E-state index in [-0.39, 0.29) is 0 Å². The molecule has 0 bridgehead atoms. The van der Waals surface area contributed by atoms with Crippen LogP contribution in [0.3, 0.4) is 0 Å². The molecule has 0 saturated heterocycles. The lowest BCUT2D eigenvalue weighted by Gasteiger charge is -2.32. The highest BCUT2D eigenvalue weighted by Gasteiger charge is 2.46. The van der Waals surface area contributed by atoms with Crippen LogP contribution in [0.25, 0.3) is 0 Å². The van der Waals surface area contributed by atoms with Crippen molar-refractivity contribution in [2.45, 2.75) is 69.7 Å². The van der Waals surface area contributed by atoms with Crippen LogP contribution in [0.5, 0.6) is 0 Å². The van der Waals surface area contributed by atoms with Crippen molar-refractivity contribution in [2.75, 3.05) is 34.4 Å². The van der Waals surface area contributed by atoms with E-state index in [9.17, 15) is 0 Å². The van der Waals surface area contributed by atoms with Gasteiger partial charge in [0.05, 0.1) is 0 Å². The van der Waals surface area contributed by atoms with E-state index in [1.807, 2.05) is 0 Å². The average molecular weight is 335 g/mol. The van der Waals surface area contributed by atoms with Gasteiger partial charge >= 0.3 is 8.80 Å². The Morgan fingerprint density at radius 1 is 0.636 bits per heavy atom. The van der Waals surface area contributed by atoms with Crippen molar-refractivity contribution in [2.24, 2.45) is 11.5 Å². The maximum absolute atomic E-state index is 5.75. The van der Waals surface area contributed by atoms with Crippen LogP contribution < -0.4 is 11.5 Å². The molecule has 1 atom stereocenters. The van der Waals surface area contributed by atoms with E-state index in [1.165, 1.54) is 51.4 Å². The molecule has 22 heavy (non-hydrogen) atoms. The van der Waals surface area contributed by atoms with Crippen LogP contribution in [0, 0.1) is 0 Å². The van der Waals surface area contributed by atoms with Gasteiger partial charge in [-0.3, -0.25) is 0 Å². The molecule has 0 aliphatic heterocycles. The SMILES string of the molecule is CO[Si](OC)(OC)C(CCN)CCCCCCCCCCN. The van der Waals surface area contributed by atoms with Crippen molar-refractivity contribution in [3.8, 4) is 0 Å². The van der Waals surface area contributed by atoms with Gasteiger partial charge in [0.1, 0.15) is 0 Å². The van der Waals surface area contributed by atoms with Gasteiger partial charge in [0.15, 0.2) is 0 Å². The highest BCUT2D eigenvalue weighted by Crippen LogP contribution is 2.32. The number of hydrogen-bond donors (Lipinski definition) is 2. The fraction of sp³-hybridized carbons (Fsp3) is 1.00. The quantitative estimate of drug-likeness (QED) is 0.335. The predicted octanol–water partition coefficient (Wildman–Crippen LogP) is 3.05. The average Bonchev–Trinajstić information content (AvgIpc) is 2.55. The molecule has 0 rings (SSSR count). The zero-order valence-electron chi connectivity index (χ0n) is 14.9. The number of unbranched alkanes of at least 4 members (excludes halogenated alkanes) is 7. The van der Waals surface area contributed by atoms with Crippen LogP contribution in [0.15, 0.2) is 0 Å². The molecular weight excluding hydrogens is 296 g/mol. The molecule has 0 aliphatic rings. The second-order valence-electron chi connectivity index (χ2n) is 5.90. The van der Waals surface area contributed by atoms with Crippen LogP contribution in [0.4, 0.5) is 0 Å². The minimum absolute atomic E-state index is 0.307. The van der Waals surface area contributed by atoms with Gasteiger partial charge in [-0.2, -0.15) is 0 Å². The minimum Gasteiger partial charge on any atom is -0.377 e. The summed E-state index contributed by atoms with van der Waals surface area (Å²) < 4.78 is 16.8. The van der Waals surface area contributed by atoms with E-state index in [4.69, 9.17) is 24.7 Å². The van der Waals surface area contributed by atoms with Crippen molar-refractivity contribution in [3.63, 3.8) is 0 Å². The van der Waals surface area contributed by atoms with E-state index < -0.39 is 8.80 Å². The molecule has 1 unspecified atom stereocenters. The summed E-state index contributed by atoms with van der Waals surface area (Å²) in [5.41, 5.74) is 11.5. The van der Waals surface area contributed by atoms with Crippen molar-refractivity contribution in [3.05, 3.63) is 0 Å². The van der Waals surface area contributed by atoms with Crippen molar-refractivity contribution in [1.82, 2.24) is 0 Å². The van der Waals surface area contributed by atoms with E-state index in [1.54, 1.807) is 21.3 Å². The van der Waals surface area contributed by atoms with Gasteiger partial charge in [-0.25, -0.2) is 0 Å². The highest BCUT2D eigenvalue weighted by molar-refractivity contribution is 6.62. The molecule has 0 aromatic rings. The van der Waals surface area contributed by atoms with Gasteiger partial charge in [-0.1, -0.05) is 44.9 Å². The standard InChI is InChI=1S/C16H38N2O3Si/c1-19-22(20-2,21-3)16(13-15-18)12-10-8-6-4-5-7-9-11-14-17/h16H,4-15,17-18H2,1-3H3. The molecule has 0 aromatic heterocycles. The first-order chi connectivity index (χ1) is 10.7. The molecule has 0 aliphatic carbocycles. The first-order valence-corrected chi connectivity index (χ1v) is 10.6. The van der Waals surface area contributed by atoms with Gasteiger partial charge < -0.3 is 24.7 Å². The smallest absolute Gasteiger partial charge is 0.377 e. The number of hydrogen-bond acceptors (Lipinski definition) is 5. The minimum atomic E-state index is -2.55. The normalized spacial score (nSPS) is 13.5. The molecule has 0 heterocycles. The van der Waals surface area contributed by atoms with E-state index in [0.29, 0.717) is 12.1 Å². The Morgan fingerprint density at radius 2 is 1.09 bits per heavy atom. The van der Waals surface area contributed by atoms with Crippen LogP contribution in [-0.4, -0.2) is 43.2 Å². The molecule has 0 amide bonds. The Bertz CT molecular complexity index is 233. The molecule has 0 saturated carbocycles. The lowest BCUT2D eigenvalue weighted by molar-refractivity contribution is 0.108. The Kier molecular flexibility index (Phi) is 14.6. The second-order valence-corrected chi connectivity index (χ2v) is 9.14. The summed E-state index contributed by atoms with van der Waals surface area (Å²) in [6, 6.07) is 0. The first-order valence-electron chi connectivity index (χ1n) is 8.76. The summed E-state index contributed by atoms with van der Waals surface area (Å²) in [5, 5.41) is 0. The Hall–Kier alpha value is 0.0169. The summed E-state index contributed by atoms with van der Waals surface area (Å²) in [6.45, 7) is 1.48. The third-order valence-corrected chi connectivity index (χ3v) is 7.66. The van der Waals surface area contributed by atoms with Gasteiger partial charge in [-0.05, 0) is 32.4 Å². The molecule has 0 spiro atoms. The van der Waals surface area contributed by atoms with E-state index in [2.05, 4.69) is 0 Å². The lowest BCUT2D eigenvalue weighted by atomic mass is 10.1. The second kappa shape index (κ2) is 14.6. The fourth-order valence-electron chi connectivity index (χ4n) is 3.04. The largest absolute Gasteiger partial charge is 0.503 e. The predicted molar refractivity (Wildman–Crippen MR) is 94.8 cm³/mol. The first kappa shape index (κ1) is 22.0. The Labute approximate surface area is 138 Å². The number of nitrogens with two attached hydrogens (primary N) is 2. The molecule has 134 valence electrons. The molecule has 0 fully saturated rings. The van der Waals surface area contributed by atoms with Crippen LogP contribution in [-0.2, 0) is 13.3 Å². The zero-order valence-corrected chi connectivity index (χ0v) is 15.9. The summed E-state index contributed by atoms with van der Waals surface area (Å²) in [4.78, 5) is 0.